The van der Waals surface area contributed by atoms with Crippen LogP contribution in [-0.2, 0) is 9.53 Å². The third kappa shape index (κ3) is 4.36. The maximum atomic E-state index is 12.8. The van der Waals surface area contributed by atoms with Crippen LogP contribution in [0.3, 0.4) is 0 Å². The maximum absolute atomic E-state index is 12.8. The summed E-state index contributed by atoms with van der Waals surface area (Å²) in [6.45, 7) is 6.80. The lowest BCUT2D eigenvalue weighted by molar-refractivity contribution is -0.392. The first kappa shape index (κ1) is 19.8. The van der Waals surface area contributed by atoms with Crippen LogP contribution in [0.15, 0.2) is 12.2 Å². The van der Waals surface area contributed by atoms with Crippen LogP contribution in [0, 0.1) is 5.92 Å². The Kier molecular flexibility index (Phi) is 5.88. The minimum absolute atomic E-state index is 0.379. The number of ether oxygens (including phenoxy) is 1. The first-order chi connectivity index (χ1) is 9.14. The molecule has 0 aliphatic rings. The van der Waals surface area contributed by atoms with Gasteiger partial charge in [-0.3, -0.25) is 0 Å². The fourth-order valence-corrected chi connectivity index (χ4v) is 1.49. The molecule has 0 spiro atoms. The van der Waals surface area contributed by atoms with E-state index in [1.165, 1.54) is 13.8 Å². The van der Waals surface area contributed by atoms with E-state index in [2.05, 4.69) is 11.3 Å². The van der Waals surface area contributed by atoms with E-state index in [1.807, 2.05) is 0 Å². The second kappa shape index (κ2) is 6.25. The van der Waals surface area contributed by atoms with Crippen molar-refractivity contribution in [3.05, 3.63) is 12.2 Å². The summed E-state index contributed by atoms with van der Waals surface area (Å²) in [4.78, 5) is 11.3. The van der Waals surface area contributed by atoms with Crippen molar-refractivity contribution in [2.45, 2.75) is 51.2 Å². The van der Waals surface area contributed by atoms with E-state index in [4.69, 9.17) is 0 Å². The topological polar surface area (TPSA) is 46.5 Å². The van der Waals surface area contributed by atoms with Gasteiger partial charge in [0.05, 0.1) is 0 Å². The molecule has 0 saturated carbocycles. The van der Waals surface area contributed by atoms with Gasteiger partial charge in [0.2, 0.25) is 0 Å². The summed E-state index contributed by atoms with van der Waals surface area (Å²) in [6.07, 6.45) is -15.8. The quantitative estimate of drug-likeness (QED) is 0.479. The largest absolute Gasteiger partial charge is 0.455 e. The Labute approximate surface area is 117 Å². The highest BCUT2D eigenvalue weighted by molar-refractivity contribution is 5.87. The van der Waals surface area contributed by atoms with Gasteiger partial charge >= 0.3 is 18.3 Å². The molecule has 0 aliphatic heterocycles. The SMILES string of the molecule is C=C(C)C(=O)OC(CC(C)C)C(O)(C(F)(F)F)C(F)(F)F. The van der Waals surface area contributed by atoms with E-state index in [0.717, 1.165) is 6.92 Å². The van der Waals surface area contributed by atoms with Gasteiger partial charge in [0.1, 0.15) is 6.10 Å². The van der Waals surface area contributed by atoms with Gasteiger partial charge in [0.15, 0.2) is 0 Å². The molecule has 0 rings (SSSR count). The van der Waals surface area contributed by atoms with Gasteiger partial charge in [-0.25, -0.2) is 4.79 Å². The Bertz CT molecular complexity index is 383. The van der Waals surface area contributed by atoms with Crippen molar-refractivity contribution >= 4 is 5.97 Å². The molecule has 0 bridgehead atoms. The third-order valence-electron chi connectivity index (χ3n) is 2.61. The van der Waals surface area contributed by atoms with E-state index in [0.29, 0.717) is 0 Å². The molecule has 1 atom stereocenters. The molecule has 0 saturated heterocycles. The summed E-state index contributed by atoms with van der Waals surface area (Å²) < 4.78 is 80.8. The average Bonchev–Trinajstić information content (AvgIpc) is 2.22. The fraction of sp³-hybridized carbons (Fsp3) is 0.750. The molecule has 0 heterocycles. The van der Waals surface area contributed by atoms with Crippen molar-refractivity contribution in [3.8, 4) is 0 Å². The Morgan fingerprint density at radius 1 is 1.14 bits per heavy atom. The minimum atomic E-state index is -6.06. The first-order valence-electron chi connectivity index (χ1n) is 5.86. The zero-order valence-corrected chi connectivity index (χ0v) is 11.6. The Hall–Kier alpha value is -1.25. The molecule has 1 N–H and O–H groups in total. The predicted molar refractivity (Wildman–Crippen MR) is 61.2 cm³/mol. The summed E-state index contributed by atoms with van der Waals surface area (Å²) in [5, 5.41) is 9.27. The van der Waals surface area contributed by atoms with Crippen molar-refractivity contribution in [1.82, 2.24) is 0 Å². The molecular formula is C12H16F6O3. The molecule has 0 aliphatic carbocycles. The summed E-state index contributed by atoms with van der Waals surface area (Å²) in [6, 6.07) is 0. The highest BCUT2D eigenvalue weighted by Gasteiger charge is 2.75. The van der Waals surface area contributed by atoms with Crippen LogP contribution in [0.2, 0.25) is 0 Å². The molecule has 1 unspecified atom stereocenters. The molecule has 21 heavy (non-hydrogen) atoms. The van der Waals surface area contributed by atoms with Gasteiger partial charge in [0.25, 0.3) is 5.60 Å². The van der Waals surface area contributed by atoms with E-state index >= 15 is 0 Å². The van der Waals surface area contributed by atoms with Crippen LogP contribution < -0.4 is 0 Å². The minimum Gasteiger partial charge on any atom is -0.455 e. The van der Waals surface area contributed by atoms with Gasteiger partial charge in [-0.05, 0) is 19.3 Å². The van der Waals surface area contributed by atoms with Crippen molar-refractivity contribution in [3.63, 3.8) is 0 Å². The van der Waals surface area contributed by atoms with E-state index in [-0.39, 0.29) is 5.57 Å². The van der Waals surface area contributed by atoms with E-state index in [9.17, 15) is 36.2 Å². The molecule has 124 valence electrons. The summed E-state index contributed by atoms with van der Waals surface area (Å²) >= 11 is 0. The Balaban J connectivity index is 5.82. The van der Waals surface area contributed by atoms with Crippen molar-refractivity contribution < 1.29 is 41.0 Å². The number of carbonyl (C=O) groups is 1. The number of halogens is 6. The monoisotopic (exact) mass is 322 g/mol. The van der Waals surface area contributed by atoms with Crippen LogP contribution >= 0.6 is 0 Å². The first-order valence-corrected chi connectivity index (χ1v) is 5.86. The fourth-order valence-electron chi connectivity index (χ4n) is 1.49. The summed E-state index contributed by atoms with van der Waals surface area (Å²) in [5.74, 6) is -2.13. The van der Waals surface area contributed by atoms with Crippen molar-refractivity contribution in [1.29, 1.82) is 0 Å². The molecule has 0 fully saturated rings. The highest BCUT2D eigenvalue weighted by atomic mass is 19.4. The van der Waals surface area contributed by atoms with Gasteiger partial charge in [-0.15, -0.1) is 0 Å². The van der Waals surface area contributed by atoms with Crippen LogP contribution in [-0.4, -0.2) is 35.1 Å². The average molecular weight is 322 g/mol. The molecule has 0 aromatic heterocycles. The Morgan fingerprint density at radius 3 is 1.76 bits per heavy atom. The van der Waals surface area contributed by atoms with E-state index < -0.39 is 42.4 Å². The lowest BCUT2D eigenvalue weighted by Gasteiger charge is -2.38. The smallest absolute Gasteiger partial charge is 0.430 e. The van der Waals surface area contributed by atoms with Crippen LogP contribution in [0.1, 0.15) is 27.2 Å². The van der Waals surface area contributed by atoms with Gasteiger partial charge in [0, 0.05) is 5.57 Å². The maximum Gasteiger partial charge on any atom is 0.430 e. The summed E-state index contributed by atoms with van der Waals surface area (Å²) in [5.41, 5.74) is -5.52. The molecule has 9 heteroatoms. The molecule has 0 radical (unpaired) electrons. The van der Waals surface area contributed by atoms with E-state index in [1.54, 1.807) is 0 Å². The van der Waals surface area contributed by atoms with Crippen LogP contribution in [0.4, 0.5) is 26.3 Å². The predicted octanol–water partition coefficient (Wildman–Crippen LogP) is 3.38. The van der Waals surface area contributed by atoms with Gasteiger partial charge < -0.3 is 9.84 Å². The Morgan fingerprint density at radius 2 is 1.52 bits per heavy atom. The number of alkyl halides is 6. The lowest BCUT2D eigenvalue weighted by atomic mass is 9.88. The standard InChI is InChI=1S/C12H16F6O3/c1-6(2)5-8(21-9(19)7(3)4)10(20,11(13,14)15)12(16,17)18/h6,8,20H,3,5H2,1-2,4H3. The highest BCUT2D eigenvalue weighted by Crippen LogP contribution is 2.47. The zero-order chi connectivity index (χ0) is 17.2. The molecular weight excluding hydrogens is 306 g/mol. The zero-order valence-electron chi connectivity index (χ0n) is 11.6. The molecule has 3 nitrogen and oxygen atoms in total. The summed E-state index contributed by atoms with van der Waals surface area (Å²) in [7, 11) is 0. The van der Waals surface area contributed by atoms with Gasteiger partial charge in [-0.1, -0.05) is 20.4 Å². The molecule has 0 amide bonds. The third-order valence-corrected chi connectivity index (χ3v) is 2.61. The number of rotatable bonds is 5. The van der Waals surface area contributed by atoms with Crippen molar-refractivity contribution in [2.24, 2.45) is 5.92 Å². The van der Waals surface area contributed by atoms with Crippen LogP contribution in [0.25, 0.3) is 0 Å². The molecule has 0 aromatic rings. The number of carbonyl (C=O) groups excluding carboxylic acids is 1. The molecule has 0 aromatic carbocycles. The van der Waals surface area contributed by atoms with Crippen molar-refractivity contribution in [2.75, 3.05) is 0 Å². The second-order valence-electron chi connectivity index (χ2n) is 5.07. The lowest BCUT2D eigenvalue weighted by Crippen LogP contribution is -2.65. The number of esters is 1. The number of aliphatic hydroxyl groups is 1. The number of hydrogen-bond donors (Lipinski definition) is 1. The van der Waals surface area contributed by atoms with Gasteiger partial charge in [-0.2, -0.15) is 26.3 Å². The van der Waals surface area contributed by atoms with Crippen LogP contribution in [0.5, 0.6) is 0 Å². The normalized spacial score (nSPS) is 15.0. The second-order valence-corrected chi connectivity index (χ2v) is 5.07. The number of hydrogen-bond acceptors (Lipinski definition) is 3.